The molecule has 0 radical (unpaired) electrons. The fourth-order valence-corrected chi connectivity index (χ4v) is 3.51. The van der Waals surface area contributed by atoms with Gasteiger partial charge in [0.15, 0.2) is 11.5 Å². The Bertz CT molecular complexity index is 1190. The molecule has 1 atom stereocenters. The monoisotopic (exact) mass is 414 g/mol. The van der Waals surface area contributed by atoms with Crippen LogP contribution in [0.4, 0.5) is 0 Å². The fourth-order valence-electron chi connectivity index (χ4n) is 3.51. The first kappa shape index (κ1) is 20.3. The number of fused-ring (bicyclic) bond motifs is 1. The molecular weight excluding hydrogens is 392 g/mol. The first-order chi connectivity index (χ1) is 15.2. The highest BCUT2D eigenvalue weighted by Gasteiger charge is 2.29. The van der Waals surface area contributed by atoms with Gasteiger partial charge in [-0.3, -0.25) is 4.79 Å². The van der Waals surface area contributed by atoms with Gasteiger partial charge in [-0.2, -0.15) is 0 Å². The van der Waals surface area contributed by atoms with Gasteiger partial charge in [0.05, 0.1) is 25.4 Å². The zero-order valence-electron chi connectivity index (χ0n) is 17.3. The van der Waals surface area contributed by atoms with Gasteiger partial charge < -0.3 is 14.2 Å². The number of rotatable bonds is 7. The normalized spacial score (nSPS) is 11.7. The Morgan fingerprint density at radius 2 is 1.61 bits per heavy atom. The Balaban J connectivity index is 1.78. The second kappa shape index (κ2) is 9.26. The highest BCUT2D eigenvalue weighted by molar-refractivity contribution is 5.90. The summed E-state index contributed by atoms with van der Waals surface area (Å²) in [4.78, 5) is 22.2. The Hall–Kier alpha value is -3.93. The van der Waals surface area contributed by atoms with Crippen molar-refractivity contribution in [3.8, 4) is 11.5 Å². The van der Waals surface area contributed by atoms with E-state index in [1.165, 1.54) is 6.33 Å². The highest BCUT2D eigenvalue weighted by atomic mass is 16.5. The van der Waals surface area contributed by atoms with Crippen LogP contribution in [-0.2, 0) is 16.1 Å². The zero-order chi connectivity index (χ0) is 21.6. The summed E-state index contributed by atoms with van der Waals surface area (Å²) in [5, 5.41) is 0.793. The summed E-state index contributed by atoms with van der Waals surface area (Å²) in [5.74, 6) is -0.0502. The highest BCUT2D eigenvalue weighted by Crippen LogP contribution is 2.35. The number of carbonyl (C=O) groups is 1. The van der Waals surface area contributed by atoms with Crippen LogP contribution >= 0.6 is 0 Å². The van der Waals surface area contributed by atoms with Crippen molar-refractivity contribution in [1.82, 2.24) is 9.97 Å². The first-order valence-corrected chi connectivity index (χ1v) is 9.83. The molecule has 1 unspecified atom stereocenters. The van der Waals surface area contributed by atoms with Crippen molar-refractivity contribution >= 4 is 16.9 Å². The molecule has 1 aromatic heterocycles. The maximum Gasteiger partial charge on any atom is 0.319 e. The number of benzene rings is 3. The van der Waals surface area contributed by atoms with Crippen LogP contribution in [0.1, 0.15) is 22.7 Å². The van der Waals surface area contributed by atoms with Gasteiger partial charge in [-0.1, -0.05) is 54.6 Å². The average molecular weight is 414 g/mol. The molecule has 0 N–H and O–H groups in total. The molecule has 0 aliphatic heterocycles. The van der Waals surface area contributed by atoms with Crippen molar-refractivity contribution in [3.63, 3.8) is 0 Å². The van der Waals surface area contributed by atoms with E-state index in [0.717, 1.165) is 16.5 Å². The molecule has 4 rings (SSSR count). The molecule has 6 heteroatoms. The molecule has 4 aromatic rings. The van der Waals surface area contributed by atoms with E-state index in [1.807, 2.05) is 60.7 Å². The molecule has 3 aromatic carbocycles. The van der Waals surface area contributed by atoms with Crippen LogP contribution in [0.3, 0.4) is 0 Å². The molecular formula is C25H22N2O4. The number of nitrogens with zero attached hydrogens (tertiary/aromatic N) is 2. The van der Waals surface area contributed by atoms with Crippen molar-refractivity contribution in [2.45, 2.75) is 12.5 Å². The van der Waals surface area contributed by atoms with Gasteiger partial charge >= 0.3 is 5.97 Å². The van der Waals surface area contributed by atoms with Gasteiger partial charge in [0.25, 0.3) is 0 Å². The summed E-state index contributed by atoms with van der Waals surface area (Å²) < 4.78 is 16.5. The van der Waals surface area contributed by atoms with Crippen molar-refractivity contribution in [2.24, 2.45) is 0 Å². The SMILES string of the molecule is COc1ccc(C(C(=O)OCc2ccccc2)c2ncnc3ccccc23)cc1OC. The van der Waals surface area contributed by atoms with Crippen LogP contribution in [0.15, 0.2) is 79.1 Å². The summed E-state index contributed by atoms with van der Waals surface area (Å²) in [5.41, 5.74) is 2.94. The van der Waals surface area contributed by atoms with E-state index in [9.17, 15) is 4.79 Å². The number of carbonyl (C=O) groups excluding carboxylic acids is 1. The van der Waals surface area contributed by atoms with Gasteiger partial charge in [0.2, 0.25) is 0 Å². The quantitative estimate of drug-likeness (QED) is 0.414. The largest absolute Gasteiger partial charge is 0.493 e. The number of methoxy groups -OCH3 is 2. The number of esters is 1. The van der Waals surface area contributed by atoms with Crippen molar-refractivity contribution in [1.29, 1.82) is 0 Å². The van der Waals surface area contributed by atoms with Crippen LogP contribution in [-0.4, -0.2) is 30.2 Å². The first-order valence-electron chi connectivity index (χ1n) is 9.83. The Labute approximate surface area is 180 Å². The summed E-state index contributed by atoms with van der Waals surface area (Å²) in [6, 6.07) is 22.5. The Morgan fingerprint density at radius 1 is 0.871 bits per heavy atom. The minimum absolute atomic E-state index is 0.173. The summed E-state index contributed by atoms with van der Waals surface area (Å²) in [6.07, 6.45) is 1.47. The van der Waals surface area contributed by atoms with Crippen LogP contribution in [0.2, 0.25) is 0 Å². The minimum Gasteiger partial charge on any atom is -0.493 e. The minimum atomic E-state index is -0.753. The van der Waals surface area contributed by atoms with Crippen LogP contribution in [0, 0.1) is 0 Å². The number of hydrogen-bond acceptors (Lipinski definition) is 6. The maximum absolute atomic E-state index is 13.4. The molecule has 0 saturated heterocycles. The lowest BCUT2D eigenvalue weighted by Crippen LogP contribution is -2.19. The summed E-state index contributed by atoms with van der Waals surface area (Å²) in [7, 11) is 3.13. The van der Waals surface area contributed by atoms with Crippen LogP contribution < -0.4 is 9.47 Å². The topological polar surface area (TPSA) is 70.5 Å². The number of ether oxygens (including phenoxy) is 3. The van der Waals surface area contributed by atoms with Crippen LogP contribution in [0.25, 0.3) is 10.9 Å². The van der Waals surface area contributed by atoms with Gasteiger partial charge in [-0.15, -0.1) is 0 Å². The summed E-state index contributed by atoms with van der Waals surface area (Å²) in [6.45, 7) is 0.173. The standard InChI is InChI=1S/C25H22N2O4/c1-29-21-13-12-18(14-22(21)30-2)23(25(28)31-15-17-8-4-3-5-9-17)24-19-10-6-7-11-20(19)26-16-27-24/h3-14,16,23H,15H2,1-2H3. The second-order valence-corrected chi connectivity index (χ2v) is 6.92. The van der Waals surface area contributed by atoms with E-state index in [0.29, 0.717) is 22.8 Å². The molecule has 1 heterocycles. The predicted molar refractivity (Wildman–Crippen MR) is 117 cm³/mol. The van der Waals surface area contributed by atoms with Gasteiger partial charge in [0.1, 0.15) is 18.9 Å². The van der Waals surface area contributed by atoms with Gasteiger partial charge in [-0.05, 0) is 29.3 Å². The van der Waals surface area contributed by atoms with Crippen molar-refractivity contribution in [3.05, 3.63) is 95.9 Å². The maximum atomic E-state index is 13.4. The van der Waals surface area contributed by atoms with E-state index in [1.54, 1.807) is 26.4 Å². The summed E-state index contributed by atoms with van der Waals surface area (Å²) >= 11 is 0. The molecule has 0 aliphatic rings. The second-order valence-electron chi connectivity index (χ2n) is 6.92. The molecule has 0 fully saturated rings. The predicted octanol–water partition coefficient (Wildman–Crippen LogP) is 4.52. The third-order valence-electron chi connectivity index (χ3n) is 5.05. The van der Waals surface area contributed by atoms with E-state index >= 15 is 0 Å². The molecule has 0 spiro atoms. The van der Waals surface area contributed by atoms with Gasteiger partial charge in [-0.25, -0.2) is 9.97 Å². The lowest BCUT2D eigenvalue weighted by molar-refractivity contribution is -0.145. The van der Waals surface area contributed by atoms with E-state index in [-0.39, 0.29) is 6.61 Å². The molecule has 0 bridgehead atoms. The third-order valence-corrected chi connectivity index (χ3v) is 5.05. The van der Waals surface area contributed by atoms with E-state index in [4.69, 9.17) is 14.2 Å². The van der Waals surface area contributed by atoms with Crippen molar-refractivity contribution < 1.29 is 19.0 Å². The van der Waals surface area contributed by atoms with Gasteiger partial charge in [0, 0.05) is 5.39 Å². The molecule has 156 valence electrons. The number of para-hydroxylation sites is 1. The van der Waals surface area contributed by atoms with Crippen molar-refractivity contribution in [2.75, 3.05) is 14.2 Å². The lowest BCUT2D eigenvalue weighted by atomic mass is 9.92. The number of hydrogen-bond donors (Lipinski definition) is 0. The van der Waals surface area contributed by atoms with E-state index < -0.39 is 11.9 Å². The Morgan fingerprint density at radius 3 is 2.39 bits per heavy atom. The average Bonchev–Trinajstić information content (AvgIpc) is 2.83. The lowest BCUT2D eigenvalue weighted by Gasteiger charge is -2.19. The Kier molecular flexibility index (Phi) is 6.08. The molecule has 0 aliphatic carbocycles. The third kappa shape index (κ3) is 4.33. The molecule has 31 heavy (non-hydrogen) atoms. The van der Waals surface area contributed by atoms with Crippen LogP contribution in [0.5, 0.6) is 11.5 Å². The number of aromatic nitrogens is 2. The smallest absolute Gasteiger partial charge is 0.319 e. The molecule has 6 nitrogen and oxygen atoms in total. The van der Waals surface area contributed by atoms with E-state index in [2.05, 4.69) is 9.97 Å². The fraction of sp³-hybridized carbons (Fsp3) is 0.160. The molecule has 0 saturated carbocycles. The zero-order valence-corrected chi connectivity index (χ0v) is 17.3. The molecule has 0 amide bonds.